The van der Waals surface area contributed by atoms with Crippen LogP contribution in [0.5, 0.6) is 0 Å². The molecule has 2 nitrogen and oxygen atoms in total. The highest BCUT2D eigenvalue weighted by molar-refractivity contribution is 6.28. The van der Waals surface area contributed by atoms with E-state index in [1.54, 1.807) is 6.08 Å². The van der Waals surface area contributed by atoms with Crippen molar-refractivity contribution >= 4 is 65.4 Å². The summed E-state index contributed by atoms with van der Waals surface area (Å²) in [6.45, 7) is 20.2. The summed E-state index contributed by atoms with van der Waals surface area (Å²) in [6, 6.07) is 57.7. The Kier molecular flexibility index (Phi) is 14.4. The standard InChI is InChI=1S/C47H32N2.C13H18.C2H6/c1-31(27-28-43(48)46-39-23-12-10-21-37(39)45(32-15-4-2-5-16-32)38-22-11-13-24-40(38)46)36-25-14-26-41-42-29-33-17-8-9-18-34(33)30-44(42)49(47(36)41)35-19-6-3-7-20-35;1-5-8-10-12(4)11-13(7-3)9-6-2;1-2/h2-30,48H,1H2;5-10H,1,4,11H2,2-3H3;1-2H3/b28-27-,48-43?;9-6-,10-8-,13-7+;. The second-order valence-corrected chi connectivity index (χ2v) is 15.4. The molecule has 0 aliphatic carbocycles. The predicted octanol–water partition coefficient (Wildman–Crippen LogP) is 17.8. The van der Waals surface area contributed by atoms with E-state index in [2.05, 4.69) is 200 Å². The lowest BCUT2D eigenvalue weighted by Crippen LogP contribution is -2.00. The van der Waals surface area contributed by atoms with Gasteiger partial charge in [-0.25, -0.2) is 0 Å². The highest BCUT2D eigenvalue weighted by atomic mass is 15.0. The molecule has 9 rings (SSSR count). The molecule has 0 aliphatic rings. The number of rotatable bonds is 11. The molecule has 0 spiro atoms. The quantitative estimate of drug-likeness (QED) is 0.0764. The molecule has 9 aromatic rings. The summed E-state index contributed by atoms with van der Waals surface area (Å²) in [6.07, 6.45) is 16.7. The minimum absolute atomic E-state index is 0.454. The third kappa shape index (κ3) is 9.19. The third-order valence-electron chi connectivity index (χ3n) is 11.4. The average molecular weight is 829 g/mol. The highest BCUT2D eigenvalue weighted by Gasteiger charge is 2.19. The van der Waals surface area contributed by atoms with Gasteiger partial charge in [0, 0.05) is 27.6 Å². The van der Waals surface area contributed by atoms with E-state index in [4.69, 9.17) is 0 Å². The molecule has 0 aliphatic heterocycles. The second kappa shape index (κ2) is 20.8. The number of aromatic nitrogens is 1. The molecule has 1 N–H and O–H groups in total. The lowest BCUT2D eigenvalue weighted by atomic mass is 9.86. The van der Waals surface area contributed by atoms with Crippen LogP contribution in [0.1, 0.15) is 45.2 Å². The number of hydrogen-bond donors (Lipinski definition) is 1. The molecule has 0 atom stereocenters. The van der Waals surface area contributed by atoms with Crippen LogP contribution < -0.4 is 0 Å². The van der Waals surface area contributed by atoms with Crippen molar-refractivity contribution in [3.63, 3.8) is 0 Å². The molecule has 0 saturated carbocycles. The van der Waals surface area contributed by atoms with E-state index < -0.39 is 0 Å². The Hall–Kier alpha value is -7.81. The predicted molar refractivity (Wildman–Crippen MR) is 283 cm³/mol. The van der Waals surface area contributed by atoms with Gasteiger partial charge in [-0.15, -0.1) is 0 Å². The highest BCUT2D eigenvalue weighted by Crippen LogP contribution is 2.41. The first-order valence-electron chi connectivity index (χ1n) is 22.1. The van der Waals surface area contributed by atoms with Crippen LogP contribution in [-0.2, 0) is 0 Å². The Bertz CT molecular complexity index is 3220. The monoisotopic (exact) mass is 828 g/mol. The number of fused-ring (bicyclic) bond motifs is 6. The van der Waals surface area contributed by atoms with Crippen molar-refractivity contribution in [1.29, 1.82) is 5.41 Å². The normalized spacial score (nSPS) is 11.7. The average Bonchev–Trinajstić information content (AvgIpc) is 3.67. The van der Waals surface area contributed by atoms with E-state index in [1.807, 2.05) is 58.1 Å². The SMILES string of the molecule is C=C(/C=C\C(=N)c1c2ccccc2c(-c2ccccc2)c2ccccc12)c1cccc2c3cc4ccccc4cc3n(-c3ccccc3)c12.C=C/C=C\C(=C)CC(/C=C\C)=C/C.CC. The van der Waals surface area contributed by atoms with Gasteiger partial charge in [-0.05, 0) is 105 Å². The zero-order valence-corrected chi connectivity index (χ0v) is 37.5. The van der Waals surface area contributed by atoms with Crippen molar-refractivity contribution in [2.45, 2.75) is 34.1 Å². The van der Waals surface area contributed by atoms with E-state index in [1.165, 1.54) is 38.2 Å². The minimum atomic E-state index is 0.454. The fourth-order valence-electron chi connectivity index (χ4n) is 8.54. The topological polar surface area (TPSA) is 28.8 Å². The number of nitrogens with zero attached hydrogens (tertiary/aromatic N) is 1. The van der Waals surface area contributed by atoms with Gasteiger partial charge in [-0.1, -0.05) is 221 Å². The maximum Gasteiger partial charge on any atom is 0.0624 e. The Labute approximate surface area is 379 Å². The van der Waals surface area contributed by atoms with Gasteiger partial charge < -0.3 is 9.98 Å². The van der Waals surface area contributed by atoms with Gasteiger partial charge in [0.05, 0.1) is 16.7 Å². The number of nitrogens with one attached hydrogen (secondary N) is 1. The van der Waals surface area contributed by atoms with Gasteiger partial charge in [0.2, 0.25) is 0 Å². The molecule has 0 saturated heterocycles. The maximum atomic E-state index is 9.50. The smallest absolute Gasteiger partial charge is 0.0624 e. The number of hydrogen-bond acceptors (Lipinski definition) is 1. The first-order valence-corrected chi connectivity index (χ1v) is 22.1. The van der Waals surface area contributed by atoms with Crippen LogP contribution in [0.25, 0.3) is 76.5 Å². The van der Waals surface area contributed by atoms with Gasteiger partial charge in [0.25, 0.3) is 0 Å². The number of para-hydroxylation sites is 2. The molecule has 1 heterocycles. The molecule has 0 amide bonds. The van der Waals surface area contributed by atoms with E-state index in [0.717, 1.165) is 67.0 Å². The maximum absolute atomic E-state index is 9.50. The van der Waals surface area contributed by atoms with Crippen molar-refractivity contribution in [2.24, 2.45) is 0 Å². The van der Waals surface area contributed by atoms with E-state index in [-0.39, 0.29) is 0 Å². The Morgan fingerprint density at radius 2 is 1.14 bits per heavy atom. The van der Waals surface area contributed by atoms with E-state index >= 15 is 0 Å². The summed E-state index contributed by atoms with van der Waals surface area (Å²) in [7, 11) is 0. The molecule has 0 radical (unpaired) electrons. The largest absolute Gasteiger partial charge is 0.309 e. The van der Waals surface area contributed by atoms with Gasteiger partial charge in [-0.2, -0.15) is 0 Å². The number of allylic oxidation sites excluding steroid dienone is 11. The molecule has 0 unspecified atom stereocenters. The Morgan fingerprint density at radius 1 is 0.578 bits per heavy atom. The van der Waals surface area contributed by atoms with Crippen molar-refractivity contribution in [3.8, 4) is 16.8 Å². The van der Waals surface area contributed by atoms with Crippen molar-refractivity contribution in [1.82, 2.24) is 4.57 Å². The molecule has 314 valence electrons. The summed E-state index contributed by atoms with van der Waals surface area (Å²) < 4.78 is 2.36. The Balaban J connectivity index is 0.000000354. The molecule has 64 heavy (non-hydrogen) atoms. The number of benzene rings is 8. The summed E-state index contributed by atoms with van der Waals surface area (Å²) in [4.78, 5) is 0. The summed E-state index contributed by atoms with van der Waals surface area (Å²) in [5, 5.41) is 18.7. The van der Waals surface area contributed by atoms with Crippen LogP contribution in [0.4, 0.5) is 0 Å². The molecule has 0 fully saturated rings. The van der Waals surface area contributed by atoms with Gasteiger partial charge in [-0.3, -0.25) is 0 Å². The fraction of sp³-hybridized carbons (Fsp3) is 0.0806. The molecular formula is C62H56N2. The van der Waals surface area contributed by atoms with E-state index in [0.29, 0.717) is 5.71 Å². The van der Waals surface area contributed by atoms with Crippen LogP contribution in [0.15, 0.2) is 243 Å². The van der Waals surface area contributed by atoms with Crippen molar-refractivity contribution in [2.75, 3.05) is 0 Å². The molecule has 1 aromatic heterocycles. The zero-order valence-electron chi connectivity index (χ0n) is 37.5. The van der Waals surface area contributed by atoms with Crippen molar-refractivity contribution < 1.29 is 0 Å². The summed E-state index contributed by atoms with van der Waals surface area (Å²) >= 11 is 0. The minimum Gasteiger partial charge on any atom is -0.309 e. The first-order chi connectivity index (χ1) is 31.4. The zero-order chi connectivity index (χ0) is 45.0. The molecule has 2 heteroatoms. The van der Waals surface area contributed by atoms with Crippen LogP contribution in [0.2, 0.25) is 0 Å². The van der Waals surface area contributed by atoms with Crippen molar-refractivity contribution in [3.05, 3.63) is 254 Å². The third-order valence-corrected chi connectivity index (χ3v) is 11.4. The fourth-order valence-corrected chi connectivity index (χ4v) is 8.54. The Morgan fingerprint density at radius 3 is 1.75 bits per heavy atom. The summed E-state index contributed by atoms with van der Waals surface area (Å²) in [5.74, 6) is 0. The van der Waals surface area contributed by atoms with Crippen LogP contribution in [0.3, 0.4) is 0 Å². The van der Waals surface area contributed by atoms with Gasteiger partial charge >= 0.3 is 0 Å². The lowest BCUT2D eigenvalue weighted by Gasteiger charge is -2.17. The van der Waals surface area contributed by atoms with Crippen LogP contribution in [0, 0.1) is 5.41 Å². The van der Waals surface area contributed by atoms with Crippen LogP contribution >= 0.6 is 0 Å². The lowest BCUT2D eigenvalue weighted by molar-refractivity contribution is 1.18. The van der Waals surface area contributed by atoms with Gasteiger partial charge in [0.15, 0.2) is 0 Å². The molecule has 8 aromatic carbocycles. The van der Waals surface area contributed by atoms with E-state index in [9.17, 15) is 5.41 Å². The second-order valence-electron chi connectivity index (χ2n) is 15.4. The summed E-state index contributed by atoms with van der Waals surface area (Å²) in [5.41, 5.74) is 11.4. The molecule has 0 bridgehead atoms. The molecular weight excluding hydrogens is 773 g/mol. The van der Waals surface area contributed by atoms with Gasteiger partial charge in [0.1, 0.15) is 0 Å². The first kappa shape index (κ1) is 44.3. The van der Waals surface area contributed by atoms with Crippen LogP contribution in [-0.4, -0.2) is 10.3 Å².